The zero-order valence-corrected chi connectivity index (χ0v) is 11.8. The average molecular weight is 273 g/mol. The second kappa shape index (κ2) is 5.29. The summed E-state index contributed by atoms with van der Waals surface area (Å²) in [6.45, 7) is 1.79. The molecule has 0 N–H and O–H groups in total. The minimum Gasteiger partial charge on any atom is -0.463 e. The predicted octanol–water partition coefficient (Wildman–Crippen LogP) is 2.96. The fourth-order valence-electron chi connectivity index (χ4n) is 2.90. The van der Waals surface area contributed by atoms with Crippen molar-refractivity contribution < 1.29 is 14.3 Å². The Labute approximate surface area is 118 Å². The third kappa shape index (κ3) is 2.43. The molecular formula is C16H19NO3. The molecule has 0 amide bonds. The van der Waals surface area contributed by atoms with Gasteiger partial charge in [-0.3, -0.25) is 4.79 Å². The Morgan fingerprint density at radius 1 is 1.40 bits per heavy atom. The Kier molecular flexibility index (Phi) is 3.49. The van der Waals surface area contributed by atoms with Crippen LogP contribution in [0.4, 0.5) is 0 Å². The van der Waals surface area contributed by atoms with Gasteiger partial charge in [0.15, 0.2) is 0 Å². The highest BCUT2D eigenvalue weighted by Crippen LogP contribution is 2.37. The van der Waals surface area contributed by atoms with Crippen molar-refractivity contribution in [1.82, 2.24) is 4.57 Å². The maximum absolute atomic E-state index is 10.8. The molecule has 0 spiro atoms. The van der Waals surface area contributed by atoms with Crippen LogP contribution in [0.5, 0.6) is 0 Å². The number of para-hydroxylation sites is 1. The van der Waals surface area contributed by atoms with Crippen LogP contribution in [0, 0.1) is 0 Å². The van der Waals surface area contributed by atoms with Gasteiger partial charge in [0.05, 0.1) is 12.2 Å². The second-order valence-corrected chi connectivity index (χ2v) is 5.34. The van der Waals surface area contributed by atoms with E-state index < -0.39 is 0 Å². The highest BCUT2D eigenvalue weighted by atomic mass is 16.6. The van der Waals surface area contributed by atoms with E-state index in [0.29, 0.717) is 6.61 Å². The van der Waals surface area contributed by atoms with E-state index in [4.69, 9.17) is 9.47 Å². The summed E-state index contributed by atoms with van der Waals surface area (Å²) in [6, 6.07) is 8.35. The first-order valence-electron chi connectivity index (χ1n) is 6.98. The van der Waals surface area contributed by atoms with E-state index >= 15 is 0 Å². The first-order valence-corrected chi connectivity index (χ1v) is 6.98. The van der Waals surface area contributed by atoms with E-state index in [1.807, 2.05) is 6.07 Å². The molecule has 1 saturated heterocycles. The van der Waals surface area contributed by atoms with Crippen molar-refractivity contribution in [1.29, 1.82) is 0 Å². The number of esters is 1. The minimum atomic E-state index is -0.248. The molecule has 20 heavy (non-hydrogen) atoms. The molecule has 0 aliphatic carbocycles. The fraction of sp³-hybridized carbons (Fsp3) is 0.438. The number of ether oxygens (including phenoxy) is 2. The number of nitrogens with zero attached hydrogens (tertiary/aromatic N) is 1. The Morgan fingerprint density at radius 2 is 2.20 bits per heavy atom. The molecule has 4 heteroatoms. The predicted molar refractivity (Wildman–Crippen MR) is 76.4 cm³/mol. The first-order chi connectivity index (χ1) is 9.65. The molecule has 1 fully saturated rings. The van der Waals surface area contributed by atoms with Gasteiger partial charge in [-0.1, -0.05) is 18.2 Å². The van der Waals surface area contributed by atoms with Crippen LogP contribution in [0.1, 0.15) is 31.4 Å². The second-order valence-electron chi connectivity index (χ2n) is 5.34. The van der Waals surface area contributed by atoms with Gasteiger partial charge >= 0.3 is 5.97 Å². The van der Waals surface area contributed by atoms with Crippen LogP contribution >= 0.6 is 0 Å². The largest absolute Gasteiger partial charge is 0.463 e. The van der Waals surface area contributed by atoms with Gasteiger partial charge in [-0.2, -0.15) is 0 Å². The number of hydrogen-bond acceptors (Lipinski definition) is 3. The number of carbonyl (C=O) groups is 1. The molecular weight excluding hydrogens is 254 g/mol. The van der Waals surface area contributed by atoms with Gasteiger partial charge in [-0.05, 0) is 18.9 Å². The highest BCUT2D eigenvalue weighted by Gasteiger charge is 2.29. The summed E-state index contributed by atoms with van der Waals surface area (Å²) >= 11 is 0. The summed E-state index contributed by atoms with van der Waals surface area (Å²) in [4.78, 5) is 10.8. The summed E-state index contributed by atoms with van der Waals surface area (Å²) in [5.74, 6) is -0.248. The van der Waals surface area contributed by atoms with E-state index in [0.717, 1.165) is 12.8 Å². The molecule has 0 bridgehead atoms. The SMILES string of the molecule is CC(=O)OCC1CCC(c2cn(C)c3ccccc23)O1. The third-order valence-corrected chi connectivity index (χ3v) is 3.85. The summed E-state index contributed by atoms with van der Waals surface area (Å²) in [6.07, 6.45) is 4.16. The summed E-state index contributed by atoms with van der Waals surface area (Å²) in [5, 5.41) is 1.24. The van der Waals surface area contributed by atoms with Crippen molar-refractivity contribution in [3.63, 3.8) is 0 Å². The van der Waals surface area contributed by atoms with Crippen molar-refractivity contribution in [3.8, 4) is 0 Å². The maximum atomic E-state index is 10.8. The molecule has 0 saturated carbocycles. The van der Waals surface area contributed by atoms with E-state index in [9.17, 15) is 4.79 Å². The molecule has 2 heterocycles. The summed E-state index contributed by atoms with van der Waals surface area (Å²) in [5.41, 5.74) is 2.45. The van der Waals surface area contributed by atoms with Gasteiger partial charge in [0.1, 0.15) is 6.61 Å². The lowest BCUT2D eigenvalue weighted by molar-refractivity contribution is -0.144. The highest BCUT2D eigenvalue weighted by molar-refractivity contribution is 5.84. The lowest BCUT2D eigenvalue weighted by Crippen LogP contribution is -2.16. The third-order valence-electron chi connectivity index (χ3n) is 3.85. The van der Waals surface area contributed by atoms with Crippen LogP contribution in [-0.4, -0.2) is 23.2 Å². The number of benzene rings is 1. The van der Waals surface area contributed by atoms with Gasteiger partial charge in [-0.25, -0.2) is 0 Å². The lowest BCUT2D eigenvalue weighted by Gasteiger charge is -2.13. The fourth-order valence-corrected chi connectivity index (χ4v) is 2.90. The maximum Gasteiger partial charge on any atom is 0.302 e. The number of rotatable bonds is 3. The Balaban J connectivity index is 1.78. The molecule has 1 aromatic heterocycles. The molecule has 4 nitrogen and oxygen atoms in total. The van der Waals surface area contributed by atoms with Crippen molar-refractivity contribution in [3.05, 3.63) is 36.0 Å². The monoisotopic (exact) mass is 273 g/mol. The van der Waals surface area contributed by atoms with E-state index in [2.05, 4.69) is 36.0 Å². The molecule has 106 valence electrons. The van der Waals surface area contributed by atoms with Gasteiger partial charge in [-0.15, -0.1) is 0 Å². The van der Waals surface area contributed by atoms with Gasteiger partial charge in [0, 0.05) is 36.6 Å². The standard InChI is InChI=1S/C16H19NO3/c1-11(18)19-10-12-7-8-16(20-12)14-9-17(2)15-6-4-3-5-13(14)15/h3-6,9,12,16H,7-8,10H2,1-2H3. The number of aryl methyl sites for hydroxylation is 1. The van der Waals surface area contributed by atoms with Crippen LogP contribution in [0.2, 0.25) is 0 Å². The van der Waals surface area contributed by atoms with E-state index in [1.165, 1.54) is 23.4 Å². The lowest BCUT2D eigenvalue weighted by atomic mass is 10.1. The topological polar surface area (TPSA) is 40.5 Å². The van der Waals surface area contributed by atoms with E-state index in [1.54, 1.807) is 0 Å². The normalized spacial score (nSPS) is 22.3. The molecule has 2 unspecified atom stereocenters. The van der Waals surface area contributed by atoms with Crippen LogP contribution in [0.25, 0.3) is 10.9 Å². The van der Waals surface area contributed by atoms with Crippen molar-refractivity contribution in [2.75, 3.05) is 6.61 Å². The minimum absolute atomic E-state index is 0.0165. The molecule has 1 aliphatic rings. The Bertz CT molecular complexity index is 632. The molecule has 1 aromatic carbocycles. The van der Waals surface area contributed by atoms with E-state index in [-0.39, 0.29) is 18.2 Å². The van der Waals surface area contributed by atoms with Crippen molar-refractivity contribution >= 4 is 16.9 Å². The molecule has 2 aromatic rings. The zero-order valence-electron chi connectivity index (χ0n) is 11.8. The number of aromatic nitrogens is 1. The first kappa shape index (κ1) is 13.2. The van der Waals surface area contributed by atoms with Gasteiger partial charge in [0.2, 0.25) is 0 Å². The quantitative estimate of drug-likeness (QED) is 0.807. The zero-order chi connectivity index (χ0) is 14.1. The van der Waals surface area contributed by atoms with Crippen LogP contribution in [-0.2, 0) is 21.3 Å². The average Bonchev–Trinajstić information content (AvgIpc) is 3.02. The van der Waals surface area contributed by atoms with Crippen LogP contribution < -0.4 is 0 Å². The molecule has 2 atom stereocenters. The smallest absolute Gasteiger partial charge is 0.302 e. The molecule has 0 radical (unpaired) electrons. The Morgan fingerprint density at radius 3 is 3.00 bits per heavy atom. The molecule has 3 rings (SSSR count). The van der Waals surface area contributed by atoms with Crippen LogP contribution in [0.3, 0.4) is 0 Å². The molecule has 1 aliphatic heterocycles. The van der Waals surface area contributed by atoms with Crippen molar-refractivity contribution in [2.45, 2.75) is 32.0 Å². The van der Waals surface area contributed by atoms with Crippen molar-refractivity contribution in [2.24, 2.45) is 7.05 Å². The van der Waals surface area contributed by atoms with Gasteiger partial charge in [0.25, 0.3) is 0 Å². The van der Waals surface area contributed by atoms with Gasteiger partial charge < -0.3 is 14.0 Å². The Hall–Kier alpha value is -1.81. The summed E-state index contributed by atoms with van der Waals surface area (Å²) in [7, 11) is 2.05. The summed E-state index contributed by atoms with van der Waals surface area (Å²) < 4.78 is 13.2. The number of hydrogen-bond donors (Lipinski definition) is 0. The van der Waals surface area contributed by atoms with Crippen LogP contribution in [0.15, 0.2) is 30.5 Å². The number of carbonyl (C=O) groups excluding carboxylic acids is 1. The number of fused-ring (bicyclic) bond motifs is 1.